The van der Waals surface area contributed by atoms with Crippen molar-refractivity contribution in [3.8, 4) is 0 Å². The SMILES string of the molecule is CC(C)CC[C@@H](N)C(=O)O.Cl. The summed E-state index contributed by atoms with van der Waals surface area (Å²) >= 11 is 0. The first-order valence-corrected chi connectivity index (χ1v) is 3.52. The second-order valence-corrected chi connectivity index (χ2v) is 2.92. The van der Waals surface area contributed by atoms with Gasteiger partial charge in [-0.05, 0) is 18.8 Å². The number of hydrogen-bond donors (Lipinski definition) is 2. The summed E-state index contributed by atoms with van der Waals surface area (Å²) in [5.41, 5.74) is 5.27. The van der Waals surface area contributed by atoms with Gasteiger partial charge in [-0.1, -0.05) is 13.8 Å². The minimum absolute atomic E-state index is 0. The van der Waals surface area contributed by atoms with Gasteiger partial charge in [0.2, 0.25) is 0 Å². The molecule has 0 aliphatic carbocycles. The molecule has 0 aromatic heterocycles. The monoisotopic (exact) mass is 181 g/mol. The lowest BCUT2D eigenvalue weighted by atomic mass is 10.0. The molecule has 0 saturated heterocycles. The van der Waals surface area contributed by atoms with Gasteiger partial charge in [0, 0.05) is 0 Å². The Morgan fingerprint density at radius 1 is 1.45 bits per heavy atom. The first kappa shape index (κ1) is 13.3. The number of nitrogens with two attached hydrogens (primary N) is 1. The standard InChI is InChI=1S/C7H15NO2.ClH/c1-5(2)3-4-6(8)7(9)10;/h5-6H,3-4,8H2,1-2H3,(H,9,10);1H/t6-;/m1./s1. The van der Waals surface area contributed by atoms with Gasteiger partial charge in [-0.2, -0.15) is 0 Å². The molecule has 68 valence electrons. The van der Waals surface area contributed by atoms with Crippen LogP contribution in [0, 0.1) is 5.92 Å². The minimum Gasteiger partial charge on any atom is -0.480 e. The Morgan fingerprint density at radius 3 is 2.18 bits per heavy atom. The summed E-state index contributed by atoms with van der Waals surface area (Å²) in [4.78, 5) is 10.2. The highest BCUT2D eigenvalue weighted by Gasteiger charge is 2.10. The number of hydrogen-bond acceptors (Lipinski definition) is 2. The molecule has 0 aromatic carbocycles. The molecule has 0 spiro atoms. The fourth-order valence-electron chi connectivity index (χ4n) is 0.636. The van der Waals surface area contributed by atoms with Crippen LogP contribution in [0.3, 0.4) is 0 Å². The van der Waals surface area contributed by atoms with Gasteiger partial charge >= 0.3 is 5.97 Å². The van der Waals surface area contributed by atoms with E-state index in [0.717, 1.165) is 6.42 Å². The van der Waals surface area contributed by atoms with Gasteiger partial charge in [0.1, 0.15) is 6.04 Å². The molecule has 0 rings (SSSR count). The van der Waals surface area contributed by atoms with E-state index in [1.165, 1.54) is 0 Å². The lowest BCUT2D eigenvalue weighted by Gasteiger charge is -2.07. The highest BCUT2D eigenvalue weighted by atomic mass is 35.5. The van der Waals surface area contributed by atoms with E-state index in [2.05, 4.69) is 13.8 Å². The molecule has 0 radical (unpaired) electrons. The Hall–Kier alpha value is -0.280. The highest BCUT2D eigenvalue weighted by molar-refractivity contribution is 5.85. The van der Waals surface area contributed by atoms with E-state index in [1.807, 2.05) is 0 Å². The molecule has 0 heterocycles. The minimum atomic E-state index is -0.902. The van der Waals surface area contributed by atoms with Crippen molar-refractivity contribution in [2.45, 2.75) is 32.7 Å². The Labute approximate surface area is 73.4 Å². The average Bonchev–Trinajstić information content (AvgIpc) is 1.82. The van der Waals surface area contributed by atoms with Gasteiger partial charge in [0.15, 0.2) is 0 Å². The van der Waals surface area contributed by atoms with Crippen LogP contribution in [0.1, 0.15) is 26.7 Å². The van der Waals surface area contributed by atoms with Crippen LogP contribution in [0.25, 0.3) is 0 Å². The van der Waals surface area contributed by atoms with E-state index in [-0.39, 0.29) is 12.4 Å². The van der Waals surface area contributed by atoms with Gasteiger partial charge in [0.25, 0.3) is 0 Å². The van der Waals surface area contributed by atoms with Crippen LogP contribution in [-0.4, -0.2) is 17.1 Å². The Balaban J connectivity index is 0. The molecular weight excluding hydrogens is 166 g/mol. The third-order valence-electron chi connectivity index (χ3n) is 1.37. The Kier molecular flexibility index (Phi) is 7.79. The zero-order chi connectivity index (χ0) is 8.15. The molecular formula is C7H16ClNO2. The lowest BCUT2D eigenvalue weighted by Crippen LogP contribution is -2.30. The molecule has 1 atom stereocenters. The van der Waals surface area contributed by atoms with Crippen LogP contribution in [0.2, 0.25) is 0 Å². The second kappa shape index (κ2) is 6.43. The fraction of sp³-hybridized carbons (Fsp3) is 0.857. The summed E-state index contributed by atoms with van der Waals surface area (Å²) in [6.45, 7) is 4.10. The topological polar surface area (TPSA) is 63.3 Å². The molecule has 0 aliphatic heterocycles. The third-order valence-corrected chi connectivity index (χ3v) is 1.37. The second-order valence-electron chi connectivity index (χ2n) is 2.92. The molecule has 0 aliphatic rings. The summed E-state index contributed by atoms with van der Waals surface area (Å²) in [7, 11) is 0. The summed E-state index contributed by atoms with van der Waals surface area (Å²) in [6.07, 6.45) is 1.46. The van der Waals surface area contributed by atoms with Crippen molar-refractivity contribution in [2.75, 3.05) is 0 Å². The maximum absolute atomic E-state index is 10.2. The van der Waals surface area contributed by atoms with Gasteiger partial charge in [-0.15, -0.1) is 12.4 Å². The molecule has 0 saturated carbocycles. The first-order chi connectivity index (χ1) is 4.54. The number of carboxylic acid groups (broad SMARTS) is 1. The van der Waals surface area contributed by atoms with Crippen LogP contribution >= 0.6 is 12.4 Å². The molecule has 0 fully saturated rings. The summed E-state index contributed by atoms with van der Waals surface area (Å²) < 4.78 is 0. The van der Waals surface area contributed by atoms with Crippen molar-refractivity contribution < 1.29 is 9.90 Å². The van der Waals surface area contributed by atoms with Gasteiger partial charge in [0.05, 0.1) is 0 Å². The number of aliphatic carboxylic acids is 1. The van der Waals surface area contributed by atoms with E-state index in [4.69, 9.17) is 10.8 Å². The molecule has 11 heavy (non-hydrogen) atoms. The van der Waals surface area contributed by atoms with Crippen LogP contribution in [0.4, 0.5) is 0 Å². The fourth-order valence-corrected chi connectivity index (χ4v) is 0.636. The van der Waals surface area contributed by atoms with Crippen LogP contribution in [0.5, 0.6) is 0 Å². The van der Waals surface area contributed by atoms with E-state index >= 15 is 0 Å². The maximum Gasteiger partial charge on any atom is 0.320 e. The number of rotatable bonds is 4. The summed E-state index contributed by atoms with van der Waals surface area (Å²) in [5.74, 6) is -0.369. The van der Waals surface area contributed by atoms with E-state index in [1.54, 1.807) is 0 Å². The quantitative estimate of drug-likeness (QED) is 0.687. The van der Waals surface area contributed by atoms with E-state index in [9.17, 15) is 4.79 Å². The maximum atomic E-state index is 10.2. The smallest absolute Gasteiger partial charge is 0.320 e. The number of carbonyl (C=O) groups is 1. The molecule has 4 heteroatoms. The van der Waals surface area contributed by atoms with Crippen LogP contribution < -0.4 is 5.73 Å². The van der Waals surface area contributed by atoms with Crippen molar-refractivity contribution in [3.63, 3.8) is 0 Å². The zero-order valence-electron chi connectivity index (χ0n) is 6.91. The highest BCUT2D eigenvalue weighted by Crippen LogP contribution is 2.04. The van der Waals surface area contributed by atoms with Gasteiger partial charge in [-0.25, -0.2) is 0 Å². The average molecular weight is 182 g/mol. The third kappa shape index (κ3) is 7.62. The summed E-state index contributed by atoms with van der Waals surface area (Å²) in [6, 6.07) is -0.678. The van der Waals surface area contributed by atoms with Crippen LogP contribution in [-0.2, 0) is 4.79 Å². The van der Waals surface area contributed by atoms with Gasteiger partial charge < -0.3 is 10.8 Å². The van der Waals surface area contributed by atoms with Crippen LogP contribution in [0.15, 0.2) is 0 Å². The predicted molar refractivity (Wildman–Crippen MR) is 46.9 cm³/mol. The Morgan fingerprint density at radius 2 is 1.91 bits per heavy atom. The first-order valence-electron chi connectivity index (χ1n) is 3.52. The number of halogens is 1. The van der Waals surface area contributed by atoms with E-state index in [0.29, 0.717) is 12.3 Å². The lowest BCUT2D eigenvalue weighted by molar-refractivity contribution is -0.138. The Bertz CT molecular complexity index is 117. The summed E-state index contributed by atoms with van der Waals surface area (Å²) in [5, 5.41) is 8.37. The molecule has 0 aromatic rings. The molecule has 0 amide bonds. The van der Waals surface area contributed by atoms with Crippen molar-refractivity contribution in [2.24, 2.45) is 11.7 Å². The molecule has 0 unspecified atom stereocenters. The largest absolute Gasteiger partial charge is 0.480 e. The zero-order valence-corrected chi connectivity index (χ0v) is 7.73. The molecule has 0 bridgehead atoms. The predicted octanol–water partition coefficient (Wildman–Crippen LogP) is 1.26. The van der Waals surface area contributed by atoms with E-state index < -0.39 is 12.0 Å². The number of carboxylic acids is 1. The van der Waals surface area contributed by atoms with Crippen molar-refractivity contribution in [1.29, 1.82) is 0 Å². The van der Waals surface area contributed by atoms with Crippen molar-refractivity contribution >= 4 is 18.4 Å². The van der Waals surface area contributed by atoms with Crippen molar-refractivity contribution in [3.05, 3.63) is 0 Å². The molecule has 3 N–H and O–H groups in total. The van der Waals surface area contributed by atoms with Gasteiger partial charge in [-0.3, -0.25) is 4.79 Å². The normalized spacial score (nSPS) is 12.4. The van der Waals surface area contributed by atoms with Crippen molar-refractivity contribution in [1.82, 2.24) is 0 Å². The molecule has 3 nitrogen and oxygen atoms in total.